The molecular formula is C28H31N3O5. The van der Waals surface area contributed by atoms with Gasteiger partial charge in [0.2, 0.25) is 0 Å². The van der Waals surface area contributed by atoms with E-state index in [9.17, 15) is 15.0 Å². The number of rotatable bonds is 6. The van der Waals surface area contributed by atoms with Gasteiger partial charge in [0, 0.05) is 66.3 Å². The summed E-state index contributed by atoms with van der Waals surface area (Å²) in [6.07, 6.45) is 3.48. The van der Waals surface area contributed by atoms with E-state index in [1.54, 1.807) is 19.3 Å². The van der Waals surface area contributed by atoms with Crippen molar-refractivity contribution in [2.45, 2.75) is 32.9 Å². The fourth-order valence-corrected chi connectivity index (χ4v) is 5.40. The lowest BCUT2D eigenvalue weighted by Crippen LogP contribution is -2.50. The molecular weight excluding hydrogens is 458 g/mol. The van der Waals surface area contributed by atoms with Gasteiger partial charge >= 0.3 is 5.97 Å². The summed E-state index contributed by atoms with van der Waals surface area (Å²) in [5.74, 6) is -0.216. The summed E-state index contributed by atoms with van der Waals surface area (Å²) in [6.45, 7) is 8.70. The van der Waals surface area contributed by atoms with Crippen LogP contribution in [-0.2, 0) is 4.74 Å². The second kappa shape index (κ2) is 9.89. The number of ether oxygens (including phenoxy) is 1. The predicted octanol–water partition coefficient (Wildman–Crippen LogP) is 4.22. The third-order valence-corrected chi connectivity index (χ3v) is 7.17. The van der Waals surface area contributed by atoms with Gasteiger partial charge in [0.1, 0.15) is 22.7 Å². The number of carbonyl (C=O) groups excluding carboxylic acids is 1. The molecule has 2 aromatic carbocycles. The van der Waals surface area contributed by atoms with E-state index < -0.39 is 12.8 Å². The molecule has 1 fully saturated rings. The van der Waals surface area contributed by atoms with Crippen molar-refractivity contribution in [1.29, 1.82) is 0 Å². The number of piperazine rings is 1. The summed E-state index contributed by atoms with van der Waals surface area (Å²) in [5, 5.41) is 23.0. The summed E-state index contributed by atoms with van der Waals surface area (Å²) in [5.41, 5.74) is 2.28. The number of benzene rings is 2. The molecule has 0 aliphatic carbocycles. The minimum atomic E-state index is -0.745. The lowest BCUT2D eigenvalue weighted by atomic mass is 9.89. The average molecular weight is 490 g/mol. The predicted molar refractivity (Wildman–Crippen MR) is 137 cm³/mol. The SMILES string of the molecule is Cc1oc2c(c1C(=O)OCO)c(C(c1ccncc1)N1CCN(C(C)C)CC1)c(O)c1ccccc12. The van der Waals surface area contributed by atoms with E-state index in [2.05, 4.69) is 28.6 Å². The second-order valence-electron chi connectivity index (χ2n) is 9.45. The molecule has 1 unspecified atom stereocenters. The zero-order valence-electron chi connectivity index (χ0n) is 20.8. The van der Waals surface area contributed by atoms with Crippen LogP contribution in [0.2, 0.25) is 0 Å². The van der Waals surface area contributed by atoms with Crippen LogP contribution in [0.15, 0.2) is 53.2 Å². The summed E-state index contributed by atoms with van der Waals surface area (Å²) in [7, 11) is 0. The van der Waals surface area contributed by atoms with Gasteiger partial charge in [-0.05, 0) is 38.5 Å². The standard InChI is InChI=1S/C28H31N3O5/c1-17(2)30-12-14-31(15-13-30)25(19-8-10-29-11-9-19)24-23-22(28(34)35-16-32)18(3)36-27(23)21-7-5-4-6-20(21)26(24)33/h4-11,17,25,32-33H,12-16H2,1-3H3. The van der Waals surface area contributed by atoms with Gasteiger partial charge in [0.25, 0.3) is 0 Å². The molecule has 0 radical (unpaired) electrons. The van der Waals surface area contributed by atoms with Gasteiger partial charge in [0.05, 0.1) is 6.04 Å². The van der Waals surface area contributed by atoms with Gasteiger partial charge in [-0.15, -0.1) is 0 Å². The normalized spacial score (nSPS) is 16.1. The van der Waals surface area contributed by atoms with E-state index >= 15 is 0 Å². The quantitative estimate of drug-likeness (QED) is 0.307. The molecule has 0 spiro atoms. The maximum atomic E-state index is 13.0. The molecule has 1 aliphatic heterocycles. The van der Waals surface area contributed by atoms with Gasteiger partial charge in [-0.1, -0.05) is 24.3 Å². The van der Waals surface area contributed by atoms with E-state index in [1.165, 1.54) is 0 Å². The fraction of sp³-hybridized carbons (Fsp3) is 0.357. The van der Waals surface area contributed by atoms with Crippen LogP contribution >= 0.6 is 0 Å². The number of aliphatic hydroxyl groups excluding tert-OH is 1. The molecule has 3 heterocycles. The number of aromatic hydroxyl groups is 1. The summed E-state index contributed by atoms with van der Waals surface area (Å²) >= 11 is 0. The Hall–Kier alpha value is -3.46. The van der Waals surface area contributed by atoms with Crippen molar-refractivity contribution in [3.63, 3.8) is 0 Å². The zero-order chi connectivity index (χ0) is 25.4. The molecule has 1 saturated heterocycles. The van der Waals surface area contributed by atoms with Crippen molar-refractivity contribution in [1.82, 2.24) is 14.8 Å². The molecule has 1 aliphatic rings. The first-order valence-corrected chi connectivity index (χ1v) is 12.2. The third kappa shape index (κ3) is 4.11. The highest BCUT2D eigenvalue weighted by molar-refractivity contribution is 6.16. The topological polar surface area (TPSA) is 99.3 Å². The number of hydrogen-bond donors (Lipinski definition) is 2. The van der Waals surface area contributed by atoms with Crippen LogP contribution in [0.5, 0.6) is 5.75 Å². The number of phenols is 1. The van der Waals surface area contributed by atoms with Crippen molar-refractivity contribution in [3.05, 3.63) is 71.2 Å². The molecule has 2 N–H and O–H groups in total. The first-order valence-electron chi connectivity index (χ1n) is 12.2. The molecule has 5 rings (SSSR count). The Balaban J connectivity index is 1.81. The Kier molecular flexibility index (Phi) is 6.66. The van der Waals surface area contributed by atoms with Crippen LogP contribution in [-0.4, -0.2) is 70.0 Å². The van der Waals surface area contributed by atoms with E-state index in [1.807, 2.05) is 36.4 Å². The van der Waals surface area contributed by atoms with Crippen molar-refractivity contribution < 1.29 is 24.2 Å². The van der Waals surface area contributed by atoms with Crippen molar-refractivity contribution >= 4 is 27.7 Å². The molecule has 36 heavy (non-hydrogen) atoms. The molecule has 8 heteroatoms. The number of furan rings is 1. The number of hydrogen-bond acceptors (Lipinski definition) is 8. The number of fused-ring (bicyclic) bond motifs is 3. The molecule has 0 saturated carbocycles. The number of esters is 1. The third-order valence-electron chi connectivity index (χ3n) is 7.17. The monoisotopic (exact) mass is 489 g/mol. The number of aromatic nitrogens is 1. The van der Waals surface area contributed by atoms with Crippen LogP contribution in [0.1, 0.15) is 47.1 Å². The van der Waals surface area contributed by atoms with E-state index in [0.717, 1.165) is 31.7 Å². The van der Waals surface area contributed by atoms with Crippen molar-refractivity contribution in [2.24, 2.45) is 0 Å². The molecule has 8 nitrogen and oxygen atoms in total. The maximum absolute atomic E-state index is 13.0. The van der Waals surface area contributed by atoms with E-state index in [0.29, 0.717) is 39.1 Å². The first-order chi connectivity index (χ1) is 17.4. The maximum Gasteiger partial charge on any atom is 0.344 e. The number of nitrogens with zero attached hydrogens (tertiary/aromatic N) is 3. The molecule has 0 amide bonds. The highest BCUT2D eigenvalue weighted by Gasteiger charge is 2.35. The lowest BCUT2D eigenvalue weighted by molar-refractivity contribution is 0.00685. The van der Waals surface area contributed by atoms with Crippen molar-refractivity contribution in [3.8, 4) is 5.75 Å². The Morgan fingerprint density at radius 3 is 2.33 bits per heavy atom. The minimum Gasteiger partial charge on any atom is -0.507 e. The number of pyridine rings is 1. The smallest absolute Gasteiger partial charge is 0.344 e. The minimum absolute atomic E-state index is 0.102. The van der Waals surface area contributed by atoms with Crippen molar-refractivity contribution in [2.75, 3.05) is 33.0 Å². The largest absolute Gasteiger partial charge is 0.507 e. The van der Waals surface area contributed by atoms with Crippen LogP contribution in [0.3, 0.4) is 0 Å². The second-order valence-corrected chi connectivity index (χ2v) is 9.45. The van der Waals surface area contributed by atoms with Gasteiger partial charge in [-0.25, -0.2) is 4.79 Å². The molecule has 188 valence electrons. The highest BCUT2D eigenvalue weighted by Crippen LogP contribution is 2.47. The van der Waals surface area contributed by atoms with E-state index in [-0.39, 0.29) is 17.4 Å². The number of phenolic OH excluding ortho intramolecular Hbond substituents is 1. The van der Waals surface area contributed by atoms with Gasteiger partial charge in [0.15, 0.2) is 6.79 Å². The summed E-state index contributed by atoms with van der Waals surface area (Å²) < 4.78 is 11.2. The van der Waals surface area contributed by atoms with Gasteiger partial charge in [-0.2, -0.15) is 0 Å². The Bertz CT molecular complexity index is 1390. The lowest BCUT2D eigenvalue weighted by Gasteiger charge is -2.41. The Morgan fingerprint density at radius 1 is 1.06 bits per heavy atom. The van der Waals surface area contributed by atoms with Crippen LogP contribution < -0.4 is 0 Å². The number of aryl methyl sites for hydroxylation is 1. The summed E-state index contributed by atoms with van der Waals surface area (Å²) in [6, 6.07) is 11.5. The zero-order valence-corrected chi connectivity index (χ0v) is 20.8. The summed E-state index contributed by atoms with van der Waals surface area (Å²) in [4.78, 5) is 22.0. The van der Waals surface area contributed by atoms with Crippen LogP contribution in [0.4, 0.5) is 0 Å². The number of carbonyl (C=O) groups is 1. The van der Waals surface area contributed by atoms with Gasteiger partial charge in [-0.3, -0.25) is 14.8 Å². The average Bonchev–Trinajstić information content (AvgIpc) is 3.24. The molecule has 4 aromatic rings. The fourth-order valence-electron chi connectivity index (χ4n) is 5.40. The van der Waals surface area contributed by atoms with Crippen LogP contribution in [0.25, 0.3) is 21.7 Å². The Labute approximate surface area is 209 Å². The molecule has 0 bridgehead atoms. The molecule has 1 atom stereocenters. The highest BCUT2D eigenvalue weighted by atomic mass is 16.6. The molecule has 2 aromatic heterocycles. The Morgan fingerprint density at radius 2 is 1.69 bits per heavy atom. The van der Waals surface area contributed by atoms with Gasteiger partial charge < -0.3 is 19.4 Å². The number of aliphatic hydroxyl groups is 1. The first kappa shape index (κ1) is 24.2. The van der Waals surface area contributed by atoms with E-state index in [4.69, 9.17) is 9.15 Å². The van der Waals surface area contributed by atoms with Crippen LogP contribution in [0, 0.1) is 6.92 Å².